The molecule has 0 bridgehead atoms. The summed E-state index contributed by atoms with van der Waals surface area (Å²) in [6.45, 7) is 0.923. The number of amides is 3. The van der Waals surface area contributed by atoms with E-state index >= 15 is 0 Å². The predicted molar refractivity (Wildman–Crippen MR) is 70.2 cm³/mol. The minimum Gasteiger partial charge on any atom is -0.359 e. The van der Waals surface area contributed by atoms with Crippen LogP contribution in [0.25, 0.3) is 0 Å². The van der Waals surface area contributed by atoms with Gasteiger partial charge >= 0.3 is 6.03 Å². The maximum atomic E-state index is 11.3. The number of hydrogen-bond acceptors (Lipinski definition) is 2. The van der Waals surface area contributed by atoms with Crippen molar-refractivity contribution in [2.45, 2.75) is 12.8 Å². The van der Waals surface area contributed by atoms with Gasteiger partial charge in [0.05, 0.1) is 0 Å². The standard InChI is InChI=1S/C13H19N3O2/c1-14-12(17)8-10-16-13(18)15-9-7-11-5-3-2-4-6-11/h2-6H,7-10H2,1H3,(H,14,17)(H2,15,16,18). The third-order valence-electron chi connectivity index (χ3n) is 2.46. The third-order valence-corrected chi connectivity index (χ3v) is 2.46. The highest BCUT2D eigenvalue weighted by molar-refractivity contribution is 5.77. The number of carbonyl (C=O) groups is 2. The zero-order valence-electron chi connectivity index (χ0n) is 10.5. The monoisotopic (exact) mass is 249 g/mol. The van der Waals surface area contributed by atoms with Gasteiger partial charge in [0.15, 0.2) is 0 Å². The van der Waals surface area contributed by atoms with Gasteiger partial charge < -0.3 is 16.0 Å². The molecule has 0 aromatic heterocycles. The Morgan fingerprint density at radius 3 is 2.39 bits per heavy atom. The molecule has 0 fully saturated rings. The predicted octanol–water partition coefficient (Wildman–Crippen LogP) is 0.664. The van der Waals surface area contributed by atoms with Crippen LogP contribution in [0.4, 0.5) is 4.79 Å². The number of urea groups is 1. The van der Waals surface area contributed by atoms with E-state index in [1.807, 2.05) is 30.3 Å². The minimum atomic E-state index is -0.241. The Hall–Kier alpha value is -2.04. The molecule has 0 spiro atoms. The highest BCUT2D eigenvalue weighted by Crippen LogP contribution is 1.97. The average Bonchev–Trinajstić information content (AvgIpc) is 2.39. The topological polar surface area (TPSA) is 70.2 Å². The highest BCUT2D eigenvalue weighted by atomic mass is 16.2. The van der Waals surface area contributed by atoms with E-state index in [-0.39, 0.29) is 11.9 Å². The van der Waals surface area contributed by atoms with E-state index in [1.54, 1.807) is 7.05 Å². The Kier molecular flexibility index (Phi) is 6.32. The molecule has 1 rings (SSSR count). The van der Waals surface area contributed by atoms with E-state index < -0.39 is 0 Å². The molecule has 5 nitrogen and oxygen atoms in total. The van der Waals surface area contributed by atoms with Crippen molar-refractivity contribution in [3.05, 3.63) is 35.9 Å². The SMILES string of the molecule is CNC(=O)CCNC(=O)NCCc1ccccc1. The van der Waals surface area contributed by atoms with Gasteiger partial charge in [-0.05, 0) is 12.0 Å². The van der Waals surface area contributed by atoms with Gasteiger partial charge in [0.2, 0.25) is 5.91 Å². The van der Waals surface area contributed by atoms with Crippen LogP contribution in [0, 0.1) is 0 Å². The minimum absolute atomic E-state index is 0.0837. The van der Waals surface area contributed by atoms with Gasteiger partial charge in [-0.3, -0.25) is 4.79 Å². The summed E-state index contributed by atoms with van der Waals surface area (Å²) in [6.07, 6.45) is 1.09. The molecule has 0 radical (unpaired) electrons. The van der Waals surface area contributed by atoms with Crippen LogP contribution in [0.2, 0.25) is 0 Å². The van der Waals surface area contributed by atoms with Gasteiger partial charge in [-0.2, -0.15) is 0 Å². The molecule has 18 heavy (non-hydrogen) atoms. The number of hydrogen-bond donors (Lipinski definition) is 3. The molecule has 0 aliphatic carbocycles. The van der Waals surface area contributed by atoms with E-state index in [4.69, 9.17) is 0 Å². The summed E-state index contributed by atoms with van der Waals surface area (Å²) in [5.74, 6) is -0.0837. The summed E-state index contributed by atoms with van der Waals surface area (Å²) in [4.78, 5) is 22.3. The molecule has 0 aliphatic heterocycles. The fourth-order valence-corrected chi connectivity index (χ4v) is 1.44. The Labute approximate surface area is 107 Å². The summed E-state index contributed by atoms with van der Waals surface area (Å²) in [6, 6.07) is 9.70. The van der Waals surface area contributed by atoms with Gasteiger partial charge in [0.25, 0.3) is 0 Å². The van der Waals surface area contributed by atoms with Gasteiger partial charge in [-0.25, -0.2) is 4.79 Å². The van der Waals surface area contributed by atoms with E-state index in [0.29, 0.717) is 19.5 Å². The van der Waals surface area contributed by atoms with Gasteiger partial charge in [0, 0.05) is 26.6 Å². The molecule has 0 saturated heterocycles. The lowest BCUT2D eigenvalue weighted by Gasteiger charge is -2.07. The second-order valence-corrected chi connectivity index (χ2v) is 3.84. The third kappa shape index (κ3) is 5.89. The van der Waals surface area contributed by atoms with Crippen molar-refractivity contribution in [3.8, 4) is 0 Å². The molecule has 5 heteroatoms. The average molecular weight is 249 g/mol. The maximum Gasteiger partial charge on any atom is 0.314 e. The first-order valence-electron chi connectivity index (χ1n) is 5.98. The number of nitrogens with one attached hydrogen (secondary N) is 3. The first-order valence-corrected chi connectivity index (χ1v) is 5.98. The molecule has 0 saturated carbocycles. The van der Waals surface area contributed by atoms with E-state index in [0.717, 1.165) is 6.42 Å². The summed E-state index contributed by atoms with van der Waals surface area (Å²) < 4.78 is 0. The first kappa shape index (κ1) is 14.0. The summed E-state index contributed by atoms with van der Waals surface area (Å²) in [5, 5.41) is 7.86. The number of benzene rings is 1. The molecule has 3 N–H and O–H groups in total. The van der Waals surface area contributed by atoms with Crippen LogP contribution in [-0.4, -0.2) is 32.1 Å². The Balaban J connectivity index is 2.09. The Bertz CT molecular complexity index is 379. The van der Waals surface area contributed by atoms with Crippen LogP contribution >= 0.6 is 0 Å². The largest absolute Gasteiger partial charge is 0.359 e. The molecule has 1 aromatic carbocycles. The summed E-state index contributed by atoms with van der Waals surface area (Å²) in [5.41, 5.74) is 1.18. The van der Waals surface area contributed by atoms with Crippen LogP contribution in [0.5, 0.6) is 0 Å². The van der Waals surface area contributed by atoms with Crippen molar-refractivity contribution in [2.24, 2.45) is 0 Å². The normalized spacial score (nSPS) is 9.61. The Morgan fingerprint density at radius 1 is 1.06 bits per heavy atom. The summed E-state index contributed by atoms with van der Waals surface area (Å²) in [7, 11) is 1.57. The van der Waals surface area contributed by atoms with Gasteiger partial charge in [0.1, 0.15) is 0 Å². The molecule has 1 aromatic rings. The number of carbonyl (C=O) groups excluding carboxylic acids is 2. The maximum absolute atomic E-state index is 11.3. The van der Waals surface area contributed by atoms with Crippen molar-refractivity contribution in [1.29, 1.82) is 0 Å². The second kappa shape index (κ2) is 8.11. The zero-order valence-corrected chi connectivity index (χ0v) is 10.5. The lowest BCUT2D eigenvalue weighted by atomic mass is 10.1. The van der Waals surface area contributed by atoms with Crippen molar-refractivity contribution in [3.63, 3.8) is 0 Å². The van der Waals surface area contributed by atoms with Gasteiger partial charge in [-0.15, -0.1) is 0 Å². The van der Waals surface area contributed by atoms with Crippen LogP contribution in [-0.2, 0) is 11.2 Å². The van der Waals surface area contributed by atoms with Crippen molar-refractivity contribution in [2.75, 3.05) is 20.1 Å². The number of rotatable bonds is 6. The summed E-state index contributed by atoms with van der Waals surface area (Å²) >= 11 is 0. The molecular formula is C13H19N3O2. The van der Waals surface area contributed by atoms with E-state index in [9.17, 15) is 9.59 Å². The molecule has 0 unspecified atom stereocenters. The van der Waals surface area contributed by atoms with Crippen LogP contribution < -0.4 is 16.0 Å². The molecule has 3 amide bonds. The molecule has 0 atom stereocenters. The first-order chi connectivity index (χ1) is 8.72. The van der Waals surface area contributed by atoms with Crippen LogP contribution in [0.15, 0.2) is 30.3 Å². The fraction of sp³-hybridized carbons (Fsp3) is 0.385. The van der Waals surface area contributed by atoms with Gasteiger partial charge in [-0.1, -0.05) is 30.3 Å². The Morgan fingerprint density at radius 2 is 1.72 bits per heavy atom. The lowest BCUT2D eigenvalue weighted by molar-refractivity contribution is -0.120. The van der Waals surface area contributed by atoms with E-state index in [1.165, 1.54) is 5.56 Å². The van der Waals surface area contributed by atoms with Crippen molar-refractivity contribution < 1.29 is 9.59 Å². The smallest absolute Gasteiger partial charge is 0.314 e. The molecule has 0 aliphatic rings. The van der Waals surface area contributed by atoms with Crippen LogP contribution in [0.1, 0.15) is 12.0 Å². The second-order valence-electron chi connectivity index (χ2n) is 3.84. The zero-order chi connectivity index (χ0) is 13.2. The lowest BCUT2D eigenvalue weighted by Crippen LogP contribution is -2.38. The fourth-order valence-electron chi connectivity index (χ4n) is 1.44. The van der Waals surface area contributed by atoms with Crippen molar-refractivity contribution >= 4 is 11.9 Å². The molecule has 98 valence electrons. The van der Waals surface area contributed by atoms with Crippen molar-refractivity contribution in [1.82, 2.24) is 16.0 Å². The quantitative estimate of drug-likeness (QED) is 0.693. The van der Waals surface area contributed by atoms with E-state index in [2.05, 4.69) is 16.0 Å². The molecular weight excluding hydrogens is 230 g/mol. The molecule has 0 heterocycles. The van der Waals surface area contributed by atoms with Crippen LogP contribution in [0.3, 0.4) is 0 Å². The highest BCUT2D eigenvalue weighted by Gasteiger charge is 2.01.